The van der Waals surface area contributed by atoms with Gasteiger partial charge in [-0.15, -0.1) is 0 Å². The molecule has 0 aromatic heterocycles. The van der Waals surface area contributed by atoms with Crippen molar-refractivity contribution in [2.75, 3.05) is 5.32 Å². The van der Waals surface area contributed by atoms with E-state index in [1.54, 1.807) is 0 Å². The summed E-state index contributed by atoms with van der Waals surface area (Å²) in [5, 5.41) is 4.93. The van der Waals surface area contributed by atoms with Crippen LogP contribution in [0.4, 0.5) is 5.69 Å². The molecule has 0 spiro atoms. The lowest BCUT2D eigenvalue weighted by Gasteiger charge is -2.12. The zero-order valence-corrected chi connectivity index (χ0v) is 11.9. The van der Waals surface area contributed by atoms with Gasteiger partial charge in [0.15, 0.2) is 0 Å². The highest BCUT2D eigenvalue weighted by Gasteiger charge is 2.04. The molecule has 0 saturated heterocycles. The summed E-state index contributed by atoms with van der Waals surface area (Å²) >= 11 is 12.3. The molecule has 0 unspecified atom stereocenters. The maximum Gasteiger partial charge on any atom is 0.0458 e. The van der Waals surface area contributed by atoms with Gasteiger partial charge in [0, 0.05) is 22.3 Å². The molecule has 0 aliphatic carbocycles. The quantitative estimate of drug-likeness (QED) is 0.812. The van der Waals surface area contributed by atoms with Crippen LogP contribution < -0.4 is 5.32 Å². The molecule has 0 fully saturated rings. The van der Waals surface area contributed by atoms with E-state index in [2.05, 4.69) is 11.4 Å². The van der Waals surface area contributed by atoms with Crippen LogP contribution >= 0.6 is 23.2 Å². The number of aryl methyl sites for hydroxylation is 1. The Morgan fingerprint density at radius 2 is 1.78 bits per heavy atom. The molecule has 1 N–H and O–H groups in total. The highest BCUT2D eigenvalue weighted by Crippen LogP contribution is 2.24. The van der Waals surface area contributed by atoms with Gasteiger partial charge < -0.3 is 5.32 Å². The van der Waals surface area contributed by atoms with Gasteiger partial charge in [0.05, 0.1) is 0 Å². The normalized spacial score (nSPS) is 10.4. The van der Waals surface area contributed by atoms with E-state index in [9.17, 15) is 0 Å². The smallest absolute Gasteiger partial charge is 0.0458 e. The van der Waals surface area contributed by atoms with Gasteiger partial charge in [0.2, 0.25) is 0 Å². The molecule has 0 saturated carbocycles. The number of benzene rings is 2. The third-order valence-electron chi connectivity index (χ3n) is 2.95. The van der Waals surface area contributed by atoms with Gasteiger partial charge in [-0.2, -0.15) is 0 Å². The molecule has 1 nitrogen and oxygen atoms in total. The Bertz CT molecular complexity index is 564. The Balaban J connectivity index is 2.14. The molecule has 2 aromatic carbocycles. The fraction of sp³-hybridized carbons (Fsp3) is 0.200. The summed E-state index contributed by atoms with van der Waals surface area (Å²) in [5.41, 5.74) is 4.35. The largest absolute Gasteiger partial charge is 0.381 e. The van der Waals surface area contributed by atoms with E-state index in [1.165, 1.54) is 5.56 Å². The van der Waals surface area contributed by atoms with Gasteiger partial charge >= 0.3 is 0 Å². The first-order valence-electron chi connectivity index (χ1n) is 5.82. The number of rotatable bonds is 3. The van der Waals surface area contributed by atoms with Crippen molar-refractivity contribution >= 4 is 28.9 Å². The van der Waals surface area contributed by atoms with Gasteiger partial charge in [-0.1, -0.05) is 41.4 Å². The van der Waals surface area contributed by atoms with Crippen molar-refractivity contribution in [3.05, 3.63) is 63.1 Å². The standard InChI is InChI=1S/C15H15Cl2N/c1-10-6-7-12(14(17)8-10)9-18-15-5-3-4-13(16)11(15)2/h3-8,18H,9H2,1-2H3. The van der Waals surface area contributed by atoms with E-state index >= 15 is 0 Å². The van der Waals surface area contributed by atoms with Crippen molar-refractivity contribution in [1.82, 2.24) is 0 Å². The number of hydrogen-bond donors (Lipinski definition) is 1. The van der Waals surface area contributed by atoms with Crippen LogP contribution in [0.5, 0.6) is 0 Å². The summed E-state index contributed by atoms with van der Waals surface area (Å²) in [7, 11) is 0. The molecule has 0 bridgehead atoms. The lowest BCUT2D eigenvalue weighted by atomic mass is 10.1. The molecule has 0 aliphatic rings. The van der Waals surface area contributed by atoms with Crippen molar-refractivity contribution < 1.29 is 0 Å². The highest BCUT2D eigenvalue weighted by molar-refractivity contribution is 6.32. The first-order valence-corrected chi connectivity index (χ1v) is 6.57. The molecule has 0 atom stereocenters. The second kappa shape index (κ2) is 5.64. The van der Waals surface area contributed by atoms with Crippen molar-refractivity contribution in [1.29, 1.82) is 0 Å². The molecule has 0 heterocycles. The average molecular weight is 280 g/mol. The Morgan fingerprint density at radius 1 is 1.00 bits per heavy atom. The van der Waals surface area contributed by atoms with E-state index in [-0.39, 0.29) is 0 Å². The summed E-state index contributed by atoms with van der Waals surface area (Å²) in [4.78, 5) is 0. The van der Waals surface area contributed by atoms with Gasteiger partial charge in [0.25, 0.3) is 0 Å². The lowest BCUT2D eigenvalue weighted by Crippen LogP contribution is -2.02. The Labute approximate surface area is 118 Å². The average Bonchev–Trinajstić information content (AvgIpc) is 2.33. The topological polar surface area (TPSA) is 12.0 Å². The van der Waals surface area contributed by atoms with Crippen LogP contribution in [0.15, 0.2) is 36.4 Å². The minimum atomic E-state index is 0.695. The highest BCUT2D eigenvalue weighted by atomic mass is 35.5. The maximum atomic E-state index is 6.20. The lowest BCUT2D eigenvalue weighted by molar-refractivity contribution is 1.14. The van der Waals surface area contributed by atoms with Crippen molar-refractivity contribution in [2.45, 2.75) is 20.4 Å². The van der Waals surface area contributed by atoms with Crippen LogP contribution in [0, 0.1) is 13.8 Å². The minimum Gasteiger partial charge on any atom is -0.381 e. The van der Waals surface area contributed by atoms with E-state index in [4.69, 9.17) is 23.2 Å². The Morgan fingerprint density at radius 3 is 2.50 bits per heavy atom. The summed E-state index contributed by atoms with van der Waals surface area (Å²) in [6.45, 7) is 4.73. The summed E-state index contributed by atoms with van der Waals surface area (Å²) in [6, 6.07) is 11.9. The molecule has 94 valence electrons. The Kier molecular flexibility index (Phi) is 4.15. The van der Waals surface area contributed by atoms with Crippen LogP contribution in [0.2, 0.25) is 10.0 Å². The monoisotopic (exact) mass is 279 g/mol. The van der Waals surface area contributed by atoms with Gasteiger partial charge in [-0.3, -0.25) is 0 Å². The van der Waals surface area contributed by atoms with Crippen molar-refractivity contribution in [3.8, 4) is 0 Å². The SMILES string of the molecule is Cc1ccc(CNc2cccc(Cl)c2C)c(Cl)c1. The molecule has 3 heteroatoms. The first kappa shape index (κ1) is 13.3. The second-order valence-electron chi connectivity index (χ2n) is 4.36. The van der Waals surface area contributed by atoms with Gasteiger partial charge in [0.1, 0.15) is 0 Å². The second-order valence-corrected chi connectivity index (χ2v) is 5.18. The molecular formula is C15H15Cl2N. The molecule has 0 amide bonds. The fourth-order valence-corrected chi connectivity index (χ4v) is 2.26. The molecule has 2 rings (SSSR count). The summed E-state index contributed by atoms with van der Waals surface area (Å²) < 4.78 is 0. The molecular weight excluding hydrogens is 265 g/mol. The molecule has 0 aliphatic heterocycles. The number of nitrogens with one attached hydrogen (secondary N) is 1. The zero-order valence-electron chi connectivity index (χ0n) is 10.4. The van der Waals surface area contributed by atoms with Crippen LogP contribution in [0.25, 0.3) is 0 Å². The van der Waals surface area contributed by atoms with Gasteiger partial charge in [-0.25, -0.2) is 0 Å². The first-order chi connectivity index (χ1) is 8.58. The molecule has 18 heavy (non-hydrogen) atoms. The van der Waals surface area contributed by atoms with Gasteiger partial charge in [-0.05, 0) is 48.7 Å². The molecule has 2 aromatic rings. The number of hydrogen-bond acceptors (Lipinski definition) is 1. The van der Waals surface area contributed by atoms with E-state index in [0.717, 1.165) is 26.9 Å². The minimum absolute atomic E-state index is 0.695. The van der Waals surface area contributed by atoms with Crippen molar-refractivity contribution in [3.63, 3.8) is 0 Å². The van der Waals surface area contributed by atoms with E-state index in [1.807, 2.05) is 44.2 Å². The predicted octanol–water partition coefficient (Wildman–Crippen LogP) is 5.22. The third kappa shape index (κ3) is 2.98. The van der Waals surface area contributed by atoms with Crippen molar-refractivity contribution in [2.24, 2.45) is 0 Å². The summed E-state index contributed by atoms with van der Waals surface area (Å²) in [5.74, 6) is 0. The maximum absolute atomic E-state index is 6.20. The number of halogens is 2. The van der Waals surface area contributed by atoms with E-state index in [0.29, 0.717) is 6.54 Å². The van der Waals surface area contributed by atoms with Crippen LogP contribution in [0.3, 0.4) is 0 Å². The Hall–Kier alpha value is -1.18. The predicted molar refractivity (Wildman–Crippen MR) is 79.7 cm³/mol. The zero-order chi connectivity index (χ0) is 13.1. The van der Waals surface area contributed by atoms with Crippen LogP contribution in [-0.2, 0) is 6.54 Å². The number of anilines is 1. The molecule has 0 radical (unpaired) electrons. The fourth-order valence-electron chi connectivity index (χ4n) is 1.79. The third-order valence-corrected chi connectivity index (χ3v) is 3.71. The van der Waals surface area contributed by atoms with E-state index < -0.39 is 0 Å². The van der Waals surface area contributed by atoms with Crippen LogP contribution in [0.1, 0.15) is 16.7 Å². The van der Waals surface area contributed by atoms with Crippen LogP contribution in [-0.4, -0.2) is 0 Å². The summed E-state index contributed by atoms with van der Waals surface area (Å²) in [6.07, 6.45) is 0.